The van der Waals surface area contributed by atoms with E-state index in [2.05, 4.69) is 75.3 Å². The highest BCUT2D eigenvalue weighted by molar-refractivity contribution is 5.90. The number of benzene rings is 2. The number of aromatic nitrogens is 4. The van der Waals surface area contributed by atoms with E-state index in [0.29, 0.717) is 6.54 Å². The molecule has 5 aromatic rings. The van der Waals surface area contributed by atoms with Crippen molar-refractivity contribution < 1.29 is 9.47 Å². The number of aryl methyl sites for hydroxylation is 5. The van der Waals surface area contributed by atoms with Gasteiger partial charge in [0.05, 0.1) is 29.2 Å². The van der Waals surface area contributed by atoms with Gasteiger partial charge in [0.25, 0.3) is 0 Å². The molecule has 6 nitrogen and oxygen atoms in total. The molecule has 0 bridgehead atoms. The number of hydrogen-bond donors (Lipinski definition) is 0. The molecule has 0 amide bonds. The number of fused-ring (bicyclic) bond motifs is 4. The lowest BCUT2D eigenvalue weighted by Crippen LogP contribution is -2.07. The molecule has 2 aromatic carbocycles. The second-order valence-corrected chi connectivity index (χ2v) is 9.58. The van der Waals surface area contributed by atoms with Gasteiger partial charge in [0.1, 0.15) is 5.65 Å². The predicted octanol–water partition coefficient (Wildman–Crippen LogP) is 6.04. The monoisotopic (exact) mass is 476 g/mol. The molecule has 0 spiro atoms. The van der Waals surface area contributed by atoms with Crippen LogP contribution in [-0.2, 0) is 6.54 Å². The van der Waals surface area contributed by atoms with Gasteiger partial charge in [0.15, 0.2) is 17.1 Å². The summed E-state index contributed by atoms with van der Waals surface area (Å²) in [5.41, 5.74) is 11.8. The van der Waals surface area contributed by atoms with E-state index < -0.39 is 0 Å². The van der Waals surface area contributed by atoms with E-state index in [1.807, 2.05) is 23.6 Å². The lowest BCUT2D eigenvalue weighted by molar-refractivity contribution is 0.174. The topological polar surface area (TPSA) is 53.6 Å². The molecule has 0 fully saturated rings. The molecule has 180 valence electrons. The Morgan fingerprint density at radius 3 is 2.39 bits per heavy atom. The molecule has 1 aliphatic rings. The van der Waals surface area contributed by atoms with Crippen LogP contribution in [0.4, 0.5) is 0 Å². The first-order valence-corrected chi connectivity index (χ1v) is 12.1. The SMILES string of the molecule is CC#Cc1cc2c(C)nc3c(-c4c(C)cc(C)cc4C)c(C)nn3c2n1Cc1ccc2c(c1)OCO2. The third-order valence-electron chi connectivity index (χ3n) is 6.93. The molecule has 0 atom stereocenters. The van der Waals surface area contributed by atoms with Crippen LogP contribution in [0.5, 0.6) is 11.5 Å². The van der Waals surface area contributed by atoms with Crippen LogP contribution in [0, 0.1) is 46.5 Å². The molecule has 0 saturated carbocycles. The van der Waals surface area contributed by atoms with E-state index in [4.69, 9.17) is 19.6 Å². The highest BCUT2D eigenvalue weighted by atomic mass is 16.7. The van der Waals surface area contributed by atoms with E-state index in [0.717, 1.165) is 56.4 Å². The van der Waals surface area contributed by atoms with Gasteiger partial charge < -0.3 is 14.0 Å². The van der Waals surface area contributed by atoms with Crippen molar-refractivity contribution in [1.29, 1.82) is 0 Å². The van der Waals surface area contributed by atoms with Crippen LogP contribution in [0.3, 0.4) is 0 Å². The van der Waals surface area contributed by atoms with Gasteiger partial charge in [-0.1, -0.05) is 29.7 Å². The van der Waals surface area contributed by atoms with Crippen molar-refractivity contribution in [3.05, 3.63) is 75.7 Å². The van der Waals surface area contributed by atoms with Gasteiger partial charge in [-0.05, 0) is 87.9 Å². The van der Waals surface area contributed by atoms with Crippen molar-refractivity contribution in [3.63, 3.8) is 0 Å². The summed E-state index contributed by atoms with van der Waals surface area (Å²) in [5, 5.41) is 6.09. The minimum atomic E-state index is 0.260. The maximum Gasteiger partial charge on any atom is 0.231 e. The van der Waals surface area contributed by atoms with E-state index in [9.17, 15) is 0 Å². The molecule has 0 saturated heterocycles. The Balaban J connectivity index is 1.63. The van der Waals surface area contributed by atoms with Crippen LogP contribution >= 0.6 is 0 Å². The van der Waals surface area contributed by atoms with Crippen molar-refractivity contribution in [1.82, 2.24) is 19.2 Å². The highest BCUT2D eigenvalue weighted by Crippen LogP contribution is 2.37. The third-order valence-corrected chi connectivity index (χ3v) is 6.93. The van der Waals surface area contributed by atoms with Crippen molar-refractivity contribution >= 4 is 16.7 Å². The fourth-order valence-electron chi connectivity index (χ4n) is 5.50. The Morgan fingerprint density at radius 2 is 1.64 bits per heavy atom. The summed E-state index contributed by atoms with van der Waals surface area (Å²) in [4.78, 5) is 5.08. The van der Waals surface area contributed by atoms with Gasteiger partial charge >= 0.3 is 0 Å². The lowest BCUT2D eigenvalue weighted by Gasteiger charge is -2.12. The summed E-state index contributed by atoms with van der Waals surface area (Å²) in [5.74, 6) is 7.93. The van der Waals surface area contributed by atoms with Gasteiger partial charge in [-0.15, -0.1) is 0 Å². The van der Waals surface area contributed by atoms with Crippen molar-refractivity contribution in [2.45, 2.75) is 48.1 Å². The van der Waals surface area contributed by atoms with Crippen molar-refractivity contribution in [2.24, 2.45) is 0 Å². The van der Waals surface area contributed by atoms with Crippen LogP contribution in [0.25, 0.3) is 27.8 Å². The van der Waals surface area contributed by atoms with Gasteiger partial charge in [-0.3, -0.25) is 0 Å². The Hall–Kier alpha value is -4.24. The normalized spacial score (nSPS) is 12.4. The summed E-state index contributed by atoms with van der Waals surface area (Å²) < 4.78 is 15.4. The Bertz CT molecular complexity index is 1740. The van der Waals surface area contributed by atoms with Gasteiger partial charge in [0, 0.05) is 5.39 Å². The van der Waals surface area contributed by atoms with Gasteiger partial charge in [0.2, 0.25) is 6.79 Å². The van der Waals surface area contributed by atoms with Crippen LogP contribution in [0.2, 0.25) is 0 Å². The zero-order valence-corrected chi connectivity index (χ0v) is 21.5. The fourth-order valence-corrected chi connectivity index (χ4v) is 5.50. The molecule has 4 heterocycles. The quantitative estimate of drug-likeness (QED) is 0.298. The Kier molecular flexibility index (Phi) is 5.04. The Labute approximate surface area is 210 Å². The summed E-state index contributed by atoms with van der Waals surface area (Å²) in [6, 6.07) is 12.7. The number of hydrogen-bond acceptors (Lipinski definition) is 4. The average molecular weight is 477 g/mol. The summed E-state index contributed by atoms with van der Waals surface area (Å²) in [6.45, 7) is 13.4. The predicted molar refractivity (Wildman–Crippen MR) is 142 cm³/mol. The lowest BCUT2D eigenvalue weighted by atomic mass is 9.94. The number of ether oxygens (including phenoxy) is 2. The molecule has 6 rings (SSSR count). The minimum absolute atomic E-state index is 0.260. The molecule has 36 heavy (non-hydrogen) atoms. The molecule has 0 radical (unpaired) electrons. The second kappa shape index (κ2) is 8.17. The molecule has 0 unspecified atom stereocenters. The zero-order chi connectivity index (χ0) is 25.1. The molecule has 3 aromatic heterocycles. The average Bonchev–Trinajstić information content (AvgIpc) is 3.51. The maximum absolute atomic E-state index is 5.62. The van der Waals surface area contributed by atoms with Crippen LogP contribution in [0.1, 0.15) is 46.3 Å². The smallest absolute Gasteiger partial charge is 0.231 e. The summed E-state index contributed by atoms with van der Waals surface area (Å²) in [6.07, 6.45) is 0. The van der Waals surface area contributed by atoms with E-state index in [-0.39, 0.29) is 6.79 Å². The molecular formula is C30H28N4O2. The van der Waals surface area contributed by atoms with E-state index in [1.165, 1.54) is 22.3 Å². The number of nitrogens with zero attached hydrogens (tertiary/aromatic N) is 4. The molecule has 0 N–H and O–H groups in total. The number of rotatable bonds is 3. The van der Waals surface area contributed by atoms with Crippen LogP contribution < -0.4 is 9.47 Å². The zero-order valence-electron chi connectivity index (χ0n) is 21.5. The molecule has 6 heteroatoms. The van der Waals surface area contributed by atoms with Crippen molar-refractivity contribution in [2.75, 3.05) is 6.79 Å². The first-order valence-electron chi connectivity index (χ1n) is 12.1. The largest absolute Gasteiger partial charge is 0.454 e. The highest BCUT2D eigenvalue weighted by Gasteiger charge is 2.23. The molecule has 0 aliphatic carbocycles. The van der Waals surface area contributed by atoms with E-state index >= 15 is 0 Å². The van der Waals surface area contributed by atoms with E-state index in [1.54, 1.807) is 0 Å². The fraction of sp³-hybridized carbons (Fsp3) is 0.267. The third kappa shape index (κ3) is 3.35. The maximum atomic E-state index is 5.62. The standard InChI is InChI=1S/C30H28N4O2/c1-7-8-23-14-24-20(5)31-29-28(27-18(3)11-17(2)12-19(27)4)21(6)32-34(29)30(24)33(23)15-22-9-10-25-26(13-22)36-16-35-25/h9-14H,15-16H2,1-6H3. The van der Waals surface area contributed by atoms with Crippen molar-refractivity contribution in [3.8, 4) is 34.5 Å². The Morgan fingerprint density at radius 1 is 0.889 bits per heavy atom. The summed E-state index contributed by atoms with van der Waals surface area (Å²) >= 11 is 0. The van der Waals surface area contributed by atoms with Crippen LogP contribution in [0.15, 0.2) is 36.4 Å². The summed E-state index contributed by atoms with van der Waals surface area (Å²) in [7, 11) is 0. The second-order valence-electron chi connectivity index (χ2n) is 9.58. The van der Waals surface area contributed by atoms with Crippen LogP contribution in [-0.4, -0.2) is 26.0 Å². The first kappa shape index (κ1) is 22.2. The first-order chi connectivity index (χ1) is 17.4. The molecule has 1 aliphatic heterocycles. The van der Waals surface area contributed by atoms with Gasteiger partial charge in [-0.2, -0.15) is 9.61 Å². The molecular weight excluding hydrogens is 448 g/mol. The minimum Gasteiger partial charge on any atom is -0.454 e. The van der Waals surface area contributed by atoms with Gasteiger partial charge in [-0.25, -0.2) is 4.98 Å².